The zero-order valence-electron chi connectivity index (χ0n) is 13.3. The van der Waals surface area contributed by atoms with Crippen molar-refractivity contribution in [1.29, 1.82) is 0 Å². The molecule has 5 nitrogen and oxygen atoms in total. The molecule has 0 N–H and O–H groups in total. The van der Waals surface area contributed by atoms with Crippen molar-refractivity contribution in [1.82, 2.24) is 0 Å². The molecule has 0 spiro atoms. The summed E-state index contributed by atoms with van der Waals surface area (Å²) in [5.74, 6) is -0.670. The van der Waals surface area contributed by atoms with Crippen LogP contribution >= 0.6 is 0 Å². The van der Waals surface area contributed by atoms with Gasteiger partial charge in [-0.2, -0.15) is 8.42 Å². The Morgan fingerprint density at radius 1 is 1.00 bits per heavy atom. The van der Waals surface area contributed by atoms with Crippen molar-refractivity contribution >= 4 is 16.1 Å². The molecule has 0 aromatic heterocycles. The van der Waals surface area contributed by atoms with Crippen molar-refractivity contribution in [3.05, 3.63) is 43.0 Å². The highest BCUT2D eigenvalue weighted by atomic mass is 32.2. The van der Waals surface area contributed by atoms with E-state index in [4.69, 9.17) is 0 Å². The maximum Gasteiger partial charge on any atom is 0.343 e. The van der Waals surface area contributed by atoms with Crippen LogP contribution in [0.5, 0.6) is 0 Å². The van der Waals surface area contributed by atoms with Crippen LogP contribution in [0.1, 0.15) is 51.4 Å². The minimum Gasteiger partial charge on any atom is -0.281 e. The van der Waals surface area contributed by atoms with Crippen molar-refractivity contribution in [2.24, 2.45) is 0 Å². The SMILES string of the molecule is C=CCCCCCCCCC(=O)OOS(=O)(=O)c1ccccc1. The molecule has 0 aliphatic rings. The van der Waals surface area contributed by atoms with Crippen LogP contribution in [0.4, 0.5) is 0 Å². The Labute approximate surface area is 138 Å². The van der Waals surface area contributed by atoms with Gasteiger partial charge in [0.05, 0.1) is 4.90 Å². The van der Waals surface area contributed by atoms with E-state index in [0.29, 0.717) is 6.42 Å². The van der Waals surface area contributed by atoms with E-state index in [1.165, 1.54) is 12.1 Å². The number of allylic oxidation sites excluding steroid dienone is 1. The van der Waals surface area contributed by atoms with Gasteiger partial charge in [-0.3, -0.25) is 4.89 Å². The maximum atomic E-state index is 11.7. The third-order valence-corrected chi connectivity index (χ3v) is 4.38. The average Bonchev–Trinajstić information content (AvgIpc) is 2.56. The summed E-state index contributed by atoms with van der Waals surface area (Å²) < 4.78 is 27.8. The number of hydrogen-bond acceptors (Lipinski definition) is 5. The molecule has 0 amide bonds. The largest absolute Gasteiger partial charge is 0.343 e. The highest BCUT2D eigenvalue weighted by Gasteiger charge is 2.18. The summed E-state index contributed by atoms with van der Waals surface area (Å²) in [6.07, 6.45) is 9.17. The fourth-order valence-electron chi connectivity index (χ4n) is 2.02. The lowest BCUT2D eigenvalue weighted by molar-refractivity contribution is -0.211. The van der Waals surface area contributed by atoms with Gasteiger partial charge in [-0.1, -0.05) is 50.0 Å². The van der Waals surface area contributed by atoms with Gasteiger partial charge in [0.25, 0.3) is 0 Å². The number of unbranched alkanes of at least 4 members (excludes halogenated alkanes) is 6. The maximum absolute atomic E-state index is 11.7. The summed E-state index contributed by atoms with van der Waals surface area (Å²) in [5, 5.41) is 0. The molecule has 0 bridgehead atoms. The lowest BCUT2D eigenvalue weighted by Crippen LogP contribution is -2.12. The van der Waals surface area contributed by atoms with Crippen LogP contribution in [0.15, 0.2) is 47.9 Å². The van der Waals surface area contributed by atoms with Gasteiger partial charge in [0.1, 0.15) is 0 Å². The van der Waals surface area contributed by atoms with Gasteiger partial charge >= 0.3 is 16.1 Å². The molecular formula is C17H24O5S. The molecule has 0 saturated heterocycles. The van der Waals surface area contributed by atoms with Crippen LogP contribution < -0.4 is 0 Å². The lowest BCUT2D eigenvalue weighted by Gasteiger charge is -2.04. The molecular weight excluding hydrogens is 316 g/mol. The number of benzene rings is 1. The Bertz CT molecular complexity index is 566. The van der Waals surface area contributed by atoms with E-state index in [-0.39, 0.29) is 11.3 Å². The van der Waals surface area contributed by atoms with Crippen LogP contribution in [0.2, 0.25) is 0 Å². The lowest BCUT2D eigenvalue weighted by atomic mass is 10.1. The summed E-state index contributed by atoms with van der Waals surface area (Å²) in [7, 11) is -4.05. The van der Waals surface area contributed by atoms with Crippen molar-refractivity contribution in [3.63, 3.8) is 0 Å². The first-order valence-electron chi connectivity index (χ1n) is 7.86. The Balaban J connectivity index is 2.14. The second-order valence-electron chi connectivity index (χ2n) is 5.24. The first kappa shape index (κ1) is 19.4. The Morgan fingerprint density at radius 2 is 1.61 bits per heavy atom. The fourth-order valence-corrected chi connectivity index (χ4v) is 2.75. The number of carbonyl (C=O) groups excluding carboxylic acids is 1. The Hall–Kier alpha value is -1.66. The molecule has 1 aromatic rings. The van der Waals surface area contributed by atoms with E-state index < -0.39 is 16.1 Å². The van der Waals surface area contributed by atoms with E-state index in [1.54, 1.807) is 18.2 Å². The van der Waals surface area contributed by atoms with E-state index in [1.807, 2.05) is 6.08 Å². The molecule has 0 aliphatic carbocycles. The number of carbonyl (C=O) groups is 1. The first-order valence-corrected chi connectivity index (χ1v) is 9.27. The second-order valence-corrected chi connectivity index (χ2v) is 6.75. The zero-order valence-corrected chi connectivity index (χ0v) is 14.1. The molecule has 0 fully saturated rings. The molecule has 0 saturated carbocycles. The summed E-state index contributed by atoms with van der Waals surface area (Å²) in [5.41, 5.74) is 0. The van der Waals surface area contributed by atoms with Crippen LogP contribution in [-0.4, -0.2) is 14.4 Å². The van der Waals surface area contributed by atoms with Gasteiger partial charge in [0.15, 0.2) is 0 Å². The van der Waals surface area contributed by atoms with E-state index in [2.05, 4.69) is 15.8 Å². The molecule has 6 heteroatoms. The Morgan fingerprint density at radius 3 is 2.26 bits per heavy atom. The molecule has 0 radical (unpaired) electrons. The molecule has 0 unspecified atom stereocenters. The molecule has 0 heterocycles. The van der Waals surface area contributed by atoms with Gasteiger partial charge in [-0.15, -0.1) is 6.58 Å². The van der Waals surface area contributed by atoms with Gasteiger partial charge in [0.2, 0.25) is 0 Å². The topological polar surface area (TPSA) is 69.7 Å². The summed E-state index contributed by atoms with van der Waals surface area (Å²) in [6.45, 7) is 3.68. The van der Waals surface area contributed by atoms with Crippen LogP contribution in [-0.2, 0) is 24.1 Å². The van der Waals surface area contributed by atoms with Crippen LogP contribution in [0.25, 0.3) is 0 Å². The molecule has 23 heavy (non-hydrogen) atoms. The molecule has 0 atom stereocenters. The van der Waals surface area contributed by atoms with Crippen molar-refractivity contribution in [3.8, 4) is 0 Å². The number of hydrogen-bond donors (Lipinski definition) is 0. The van der Waals surface area contributed by atoms with Crippen LogP contribution in [0, 0.1) is 0 Å². The van der Waals surface area contributed by atoms with E-state index in [0.717, 1.165) is 38.5 Å². The Kier molecular flexibility index (Phi) is 9.24. The van der Waals surface area contributed by atoms with Crippen LogP contribution in [0.3, 0.4) is 0 Å². The predicted molar refractivity (Wildman–Crippen MR) is 87.9 cm³/mol. The standard InChI is InChI=1S/C17H24O5S/c1-2-3-4-5-6-7-8-12-15-17(18)21-22-23(19,20)16-13-10-9-11-14-16/h2,9-11,13-14H,1,3-8,12,15H2. The third kappa shape index (κ3) is 8.52. The molecule has 1 rings (SSSR count). The molecule has 128 valence electrons. The minimum absolute atomic E-state index is 0.0488. The predicted octanol–water partition coefficient (Wildman–Crippen LogP) is 4.16. The van der Waals surface area contributed by atoms with Crippen molar-refractivity contribution in [2.45, 2.75) is 56.3 Å². The summed E-state index contributed by atoms with van der Waals surface area (Å²) >= 11 is 0. The van der Waals surface area contributed by atoms with Gasteiger partial charge in [0, 0.05) is 6.42 Å². The average molecular weight is 340 g/mol. The fraction of sp³-hybridized carbons (Fsp3) is 0.471. The third-order valence-electron chi connectivity index (χ3n) is 3.29. The summed E-state index contributed by atoms with van der Waals surface area (Å²) in [4.78, 5) is 15.8. The van der Waals surface area contributed by atoms with E-state index in [9.17, 15) is 13.2 Å². The quantitative estimate of drug-likeness (QED) is 0.247. The second kappa shape index (κ2) is 11.0. The monoisotopic (exact) mass is 340 g/mol. The smallest absolute Gasteiger partial charge is 0.281 e. The zero-order chi connectivity index (χ0) is 17.0. The summed E-state index contributed by atoms with van der Waals surface area (Å²) in [6, 6.07) is 7.55. The highest BCUT2D eigenvalue weighted by Crippen LogP contribution is 2.13. The first-order chi connectivity index (χ1) is 11.1. The minimum atomic E-state index is -4.05. The molecule has 1 aromatic carbocycles. The number of rotatable bonds is 12. The van der Waals surface area contributed by atoms with Crippen molar-refractivity contribution in [2.75, 3.05) is 0 Å². The molecule has 0 aliphatic heterocycles. The van der Waals surface area contributed by atoms with Gasteiger partial charge in [-0.25, -0.2) is 4.79 Å². The van der Waals surface area contributed by atoms with E-state index >= 15 is 0 Å². The van der Waals surface area contributed by atoms with Crippen molar-refractivity contribution < 1.29 is 22.4 Å². The highest BCUT2D eigenvalue weighted by molar-refractivity contribution is 7.86. The normalized spacial score (nSPS) is 11.1. The van der Waals surface area contributed by atoms with Gasteiger partial charge < -0.3 is 0 Å². The van der Waals surface area contributed by atoms with Gasteiger partial charge in [-0.05, 0) is 35.7 Å².